The van der Waals surface area contributed by atoms with Crippen molar-refractivity contribution >= 4 is 0 Å². The highest BCUT2D eigenvalue weighted by molar-refractivity contribution is 5.70. The Morgan fingerprint density at radius 3 is 2.54 bits per heavy atom. The summed E-state index contributed by atoms with van der Waals surface area (Å²) >= 11 is 0. The topological polar surface area (TPSA) is 21.3 Å². The fourth-order valence-corrected chi connectivity index (χ4v) is 3.89. The number of rotatable bonds is 5. The summed E-state index contributed by atoms with van der Waals surface area (Å²) < 4.78 is 5.48. The van der Waals surface area contributed by atoms with Crippen molar-refractivity contribution in [2.24, 2.45) is 0 Å². The SMILES string of the molecule is COc1ccccc1-c1ccc(CN[C@H]2CCCc3ccccc32)cc1. The zero-order valence-corrected chi connectivity index (χ0v) is 15.2. The van der Waals surface area contributed by atoms with E-state index in [2.05, 4.69) is 59.9 Å². The van der Waals surface area contributed by atoms with Crippen LogP contribution in [0.4, 0.5) is 0 Å². The number of benzene rings is 3. The average molecular weight is 343 g/mol. The van der Waals surface area contributed by atoms with Gasteiger partial charge < -0.3 is 10.1 Å². The van der Waals surface area contributed by atoms with Gasteiger partial charge in [0.2, 0.25) is 0 Å². The first-order valence-electron chi connectivity index (χ1n) is 9.38. The molecule has 2 nitrogen and oxygen atoms in total. The van der Waals surface area contributed by atoms with E-state index in [0.717, 1.165) is 17.9 Å². The first-order chi connectivity index (χ1) is 12.8. The Hall–Kier alpha value is -2.58. The third kappa shape index (κ3) is 3.51. The van der Waals surface area contributed by atoms with Crippen molar-refractivity contribution in [2.75, 3.05) is 7.11 Å². The molecule has 0 spiro atoms. The Kier molecular flexibility index (Phi) is 5.03. The summed E-state index contributed by atoms with van der Waals surface area (Å²) in [6.45, 7) is 0.894. The van der Waals surface area contributed by atoms with Crippen molar-refractivity contribution in [2.45, 2.75) is 31.8 Å². The van der Waals surface area contributed by atoms with Gasteiger partial charge in [0.05, 0.1) is 7.11 Å². The van der Waals surface area contributed by atoms with Gasteiger partial charge in [-0.1, -0.05) is 66.7 Å². The zero-order chi connectivity index (χ0) is 17.8. The highest BCUT2D eigenvalue weighted by Crippen LogP contribution is 2.31. The Morgan fingerprint density at radius 2 is 1.69 bits per heavy atom. The van der Waals surface area contributed by atoms with Crippen LogP contribution in [0.1, 0.15) is 35.6 Å². The smallest absolute Gasteiger partial charge is 0.126 e. The van der Waals surface area contributed by atoms with E-state index in [-0.39, 0.29) is 0 Å². The Morgan fingerprint density at radius 1 is 0.923 bits per heavy atom. The van der Waals surface area contributed by atoms with Crippen LogP contribution in [0, 0.1) is 0 Å². The van der Waals surface area contributed by atoms with Crippen molar-refractivity contribution in [3.8, 4) is 16.9 Å². The molecule has 1 aliphatic rings. The van der Waals surface area contributed by atoms with E-state index in [4.69, 9.17) is 4.74 Å². The van der Waals surface area contributed by atoms with E-state index >= 15 is 0 Å². The molecule has 0 heterocycles. The van der Waals surface area contributed by atoms with Crippen molar-refractivity contribution in [1.29, 1.82) is 0 Å². The van der Waals surface area contributed by atoms with Gasteiger partial charge in [-0.05, 0) is 47.6 Å². The monoisotopic (exact) mass is 343 g/mol. The third-order valence-electron chi connectivity index (χ3n) is 5.29. The van der Waals surface area contributed by atoms with Crippen LogP contribution in [0.3, 0.4) is 0 Å². The van der Waals surface area contributed by atoms with E-state index < -0.39 is 0 Å². The van der Waals surface area contributed by atoms with Crippen LogP contribution in [0.2, 0.25) is 0 Å². The molecule has 0 aliphatic heterocycles. The van der Waals surface area contributed by atoms with Gasteiger partial charge in [0.1, 0.15) is 5.75 Å². The number of ether oxygens (including phenoxy) is 1. The molecule has 0 saturated heterocycles. The van der Waals surface area contributed by atoms with Gasteiger partial charge in [0.15, 0.2) is 0 Å². The lowest BCUT2D eigenvalue weighted by Gasteiger charge is -2.26. The number of aryl methyl sites for hydroxylation is 1. The fourth-order valence-electron chi connectivity index (χ4n) is 3.89. The number of hydrogen-bond acceptors (Lipinski definition) is 2. The van der Waals surface area contributed by atoms with E-state index in [1.54, 1.807) is 7.11 Å². The van der Waals surface area contributed by atoms with Crippen molar-refractivity contribution in [1.82, 2.24) is 5.32 Å². The van der Waals surface area contributed by atoms with Crippen LogP contribution >= 0.6 is 0 Å². The maximum Gasteiger partial charge on any atom is 0.126 e. The molecule has 1 aliphatic carbocycles. The molecule has 0 amide bonds. The lowest BCUT2D eigenvalue weighted by Crippen LogP contribution is -2.24. The van der Waals surface area contributed by atoms with Gasteiger partial charge in [-0.3, -0.25) is 0 Å². The molecule has 0 fully saturated rings. The molecule has 3 aromatic rings. The predicted octanol–water partition coefficient (Wildman–Crippen LogP) is 5.53. The Bertz CT molecular complexity index is 869. The second kappa shape index (κ2) is 7.76. The summed E-state index contributed by atoms with van der Waals surface area (Å²) in [6.07, 6.45) is 3.69. The standard InChI is InChI=1S/C24H25NO/c1-26-24-12-5-4-10-22(24)20-15-13-18(14-16-20)17-25-23-11-6-8-19-7-2-3-9-21(19)23/h2-5,7,9-10,12-16,23,25H,6,8,11,17H2,1H3/t23-/m0/s1. The molecular formula is C24H25NO. The minimum Gasteiger partial charge on any atom is -0.496 e. The fraction of sp³-hybridized carbons (Fsp3) is 0.250. The number of nitrogens with one attached hydrogen (secondary N) is 1. The van der Waals surface area contributed by atoms with Gasteiger partial charge >= 0.3 is 0 Å². The van der Waals surface area contributed by atoms with Crippen LogP contribution in [-0.4, -0.2) is 7.11 Å². The molecule has 132 valence electrons. The van der Waals surface area contributed by atoms with E-state index in [1.807, 2.05) is 18.2 Å². The van der Waals surface area contributed by atoms with Crippen LogP contribution in [0.15, 0.2) is 72.8 Å². The van der Waals surface area contributed by atoms with E-state index in [9.17, 15) is 0 Å². The van der Waals surface area contributed by atoms with Crippen LogP contribution in [0.25, 0.3) is 11.1 Å². The molecule has 26 heavy (non-hydrogen) atoms. The molecule has 1 atom stereocenters. The molecule has 0 bridgehead atoms. The molecule has 0 radical (unpaired) electrons. The minimum atomic E-state index is 0.467. The summed E-state index contributed by atoms with van der Waals surface area (Å²) in [5.41, 5.74) is 6.61. The Balaban J connectivity index is 1.46. The van der Waals surface area contributed by atoms with Crippen LogP contribution < -0.4 is 10.1 Å². The highest BCUT2D eigenvalue weighted by Gasteiger charge is 2.18. The van der Waals surface area contributed by atoms with Crippen molar-refractivity contribution < 1.29 is 4.74 Å². The maximum atomic E-state index is 5.48. The lowest BCUT2D eigenvalue weighted by molar-refractivity contribution is 0.416. The largest absolute Gasteiger partial charge is 0.496 e. The summed E-state index contributed by atoms with van der Waals surface area (Å²) in [4.78, 5) is 0. The van der Waals surface area contributed by atoms with Crippen LogP contribution in [0.5, 0.6) is 5.75 Å². The summed E-state index contributed by atoms with van der Waals surface area (Å²) in [5, 5.41) is 3.75. The number of para-hydroxylation sites is 1. The molecule has 1 N–H and O–H groups in total. The first-order valence-corrected chi connectivity index (χ1v) is 9.38. The molecule has 0 aromatic heterocycles. The molecule has 4 rings (SSSR count). The summed E-state index contributed by atoms with van der Waals surface area (Å²) in [5.74, 6) is 0.914. The normalized spacial score (nSPS) is 16.1. The molecule has 2 heteroatoms. The average Bonchev–Trinajstić information content (AvgIpc) is 2.72. The maximum absolute atomic E-state index is 5.48. The third-order valence-corrected chi connectivity index (χ3v) is 5.29. The van der Waals surface area contributed by atoms with E-state index in [1.165, 1.54) is 41.5 Å². The first kappa shape index (κ1) is 16.9. The highest BCUT2D eigenvalue weighted by atomic mass is 16.5. The van der Waals surface area contributed by atoms with Gasteiger partial charge in [-0.2, -0.15) is 0 Å². The second-order valence-corrected chi connectivity index (χ2v) is 6.92. The lowest BCUT2D eigenvalue weighted by atomic mass is 9.87. The molecule has 0 saturated carbocycles. The van der Waals surface area contributed by atoms with Gasteiger partial charge in [-0.25, -0.2) is 0 Å². The number of hydrogen-bond donors (Lipinski definition) is 1. The molecule has 3 aromatic carbocycles. The number of fused-ring (bicyclic) bond motifs is 1. The minimum absolute atomic E-state index is 0.467. The summed E-state index contributed by atoms with van der Waals surface area (Å²) in [7, 11) is 1.72. The zero-order valence-electron chi connectivity index (χ0n) is 15.2. The predicted molar refractivity (Wildman–Crippen MR) is 107 cm³/mol. The number of methoxy groups -OCH3 is 1. The second-order valence-electron chi connectivity index (χ2n) is 6.92. The van der Waals surface area contributed by atoms with Gasteiger partial charge in [0, 0.05) is 18.2 Å². The van der Waals surface area contributed by atoms with Gasteiger partial charge in [0.25, 0.3) is 0 Å². The van der Waals surface area contributed by atoms with Crippen LogP contribution in [-0.2, 0) is 13.0 Å². The Labute approximate surface area is 155 Å². The van der Waals surface area contributed by atoms with Crippen molar-refractivity contribution in [3.63, 3.8) is 0 Å². The van der Waals surface area contributed by atoms with E-state index in [0.29, 0.717) is 6.04 Å². The molecule has 0 unspecified atom stereocenters. The quantitative estimate of drug-likeness (QED) is 0.658. The van der Waals surface area contributed by atoms with Crippen molar-refractivity contribution in [3.05, 3.63) is 89.5 Å². The molecular weight excluding hydrogens is 318 g/mol. The van der Waals surface area contributed by atoms with Gasteiger partial charge in [-0.15, -0.1) is 0 Å². The summed E-state index contributed by atoms with van der Waals surface area (Å²) in [6, 6.07) is 26.3.